The first kappa shape index (κ1) is 17.0. The number of unbranched alkanes of at least 4 members (excludes halogenated alkanes) is 1. The van der Waals surface area contributed by atoms with Crippen molar-refractivity contribution in [1.29, 1.82) is 0 Å². The van der Waals surface area contributed by atoms with Gasteiger partial charge in [-0.3, -0.25) is 15.1 Å². The van der Waals surface area contributed by atoms with Crippen LogP contribution in [-0.2, 0) is 0 Å². The van der Waals surface area contributed by atoms with Gasteiger partial charge in [-0.1, -0.05) is 37.6 Å². The Morgan fingerprint density at radius 3 is 2.76 bits per heavy atom. The number of benzene rings is 1. The van der Waals surface area contributed by atoms with Crippen LogP contribution in [0.5, 0.6) is 5.75 Å². The molecule has 0 spiro atoms. The third kappa shape index (κ3) is 3.63. The van der Waals surface area contributed by atoms with Gasteiger partial charge in [0.05, 0.1) is 18.2 Å². The monoisotopic (exact) mass is 340 g/mol. The van der Waals surface area contributed by atoms with Gasteiger partial charge in [-0.2, -0.15) is 0 Å². The lowest BCUT2D eigenvalue weighted by Crippen LogP contribution is -1.98. The van der Waals surface area contributed by atoms with Crippen LogP contribution in [0.15, 0.2) is 47.0 Å². The molecule has 0 N–H and O–H groups in total. The Hall–Kier alpha value is -2.89. The Bertz CT molecular complexity index is 888. The summed E-state index contributed by atoms with van der Waals surface area (Å²) in [6.45, 7) is 4.38. The molecular weight excluding hydrogens is 320 g/mol. The van der Waals surface area contributed by atoms with Crippen molar-refractivity contribution >= 4 is 16.7 Å². The summed E-state index contributed by atoms with van der Waals surface area (Å²) in [5.74, 6) is 0.0904. The average molecular weight is 340 g/mol. The summed E-state index contributed by atoms with van der Waals surface area (Å²) in [4.78, 5) is 15.1. The fraction of sp³-hybridized carbons (Fsp3) is 0.316. The van der Waals surface area contributed by atoms with Crippen LogP contribution >= 0.6 is 0 Å². The van der Waals surface area contributed by atoms with Crippen LogP contribution in [0.25, 0.3) is 10.8 Å². The van der Waals surface area contributed by atoms with Gasteiger partial charge in [-0.15, -0.1) is 0 Å². The van der Waals surface area contributed by atoms with Crippen LogP contribution < -0.4 is 4.74 Å². The molecule has 25 heavy (non-hydrogen) atoms. The van der Waals surface area contributed by atoms with Gasteiger partial charge in [0.2, 0.25) is 5.75 Å². The van der Waals surface area contributed by atoms with Gasteiger partial charge >= 0.3 is 5.88 Å². The maximum Gasteiger partial charge on any atom is 0.475 e. The molecule has 0 amide bonds. The van der Waals surface area contributed by atoms with E-state index in [0.29, 0.717) is 12.4 Å². The van der Waals surface area contributed by atoms with Crippen molar-refractivity contribution in [2.45, 2.75) is 32.6 Å². The Morgan fingerprint density at radius 2 is 2.04 bits per heavy atom. The van der Waals surface area contributed by atoms with Gasteiger partial charge in [0, 0.05) is 17.6 Å². The number of nitro groups is 1. The second kappa shape index (κ2) is 7.34. The highest BCUT2D eigenvalue weighted by atomic mass is 16.7. The van der Waals surface area contributed by atoms with Gasteiger partial charge in [-0.25, -0.2) is 0 Å². The molecule has 1 aromatic carbocycles. The molecule has 0 saturated heterocycles. The lowest BCUT2D eigenvalue weighted by molar-refractivity contribution is -0.403. The van der Waals surface area contributed by atoms with E-state index in [0.717, 1.165) is 29.3 Å². The normalized spacial score (nSPS) is 12.2. The number of hydrogen-bond donors (Lipinski definition) is 0. The number of rotatable bonds is 7. The van der Waals surface area contributed by atoms with Gasteiger partial charge in [0.25, 0.3) is 0 Å². The van der Waals surface area contributed by atoms with E-state index in [4.69, 9.17) is 9.15 Å². The first-order valence-electron chi connectivity index (χ1n) is 8.35. The lowest BCUT2D eigenvalue weighted by Gasteiger charge is -2.08. The summed E-state index contributed by atoms with van der Waals surface area (Å²) in [7, 11) is 0. The lowest BCUT2D eigenvalue weighted by atomic mass is 10.0. The first-order chi connectivity index (χ1) is 12.1. The minimum absolute atomic E-state index is 0.182. The molecule has 0 aliphatic carbocycles. The number of pyridine rings is 1. The number of furan rings is 1. The standard InChI is InChI=1S/C19H20N2O4/c1-3-4-9-24-18-11-17(25-19(18)21(22)23)13(2)16-10-14-7-5-6-8-15(14)12-20-16/h5-8,10-13H,3-4,9H2,1-2H3. The van der Waals surface area contributed by atoms with Gasteiger partial charge in [0.1, 0.15) is 10.7 Å². The maximum absolute atomic E-state index is 11.2. The van der Waals surface area contributed by atoms with Crippen molar-refractivity contribution < 1.29 is 14.1 Å². The number of fused-ring (bicyclic) bond motifs is 1. The SMILES string of the molecule is CCCCOc1cc(C(C)c2cc3ccccc3cn2)oc1[N+](=O)[O-]. The highest BCUT2D eigenvalue weighted by Gasteiger charge is 2.26. The molecule has 0 aliphatic heterocycles. The molecule has 1 atom stereocenters. The number of aromatic nitrogens is 1. The highest BCUT2D eigenvalue weighted by molar-refractivity contribution is 5.81. The minimum atomic E-state index is -0.550. The molecule has 0 fully saturated rings. The topological polar surface area (TPSA) is 78.4 Å². The van der Waals surface area contributed by atoms with E-state index in [9.17, 15) is 10.1 Å². The van der Waals surface area contributed by atoms with Crippen molar-refractivity contribution in [2.24, 2.45) is 0 Å². The smallest absolute Gasteiger partial charge is 0.475 e. The summed E-state index contributed by atoms with van der Waals surface area (Å²) in [6.07, 6.45) is 3.59. The molecular formula is C19H20N2O4. The van der Waals surface area contributed by atoms with Crippen LogP contribution in [0.2, 0.25) is 0 Å². The van der Waals surface area contributed by atoms with Crippen LogP contribution in [0.4, 0.5) is 5.88 Å². The maximum atomic E-state index is 11.2. The number of hydrogen-bond acceptors (Lipinski definition) is 5. The Morgan fingerprint density at radius 1 is 1.28 bits per heavy atom. The van der Waals surface area contributed by atoms with Crippen molar-refractivity contribution in [1.82, 2.24) is 4.98 Å². The van der Waals surface area contributed by atoms with E-state index >= 15 is 0 Å². The molecule has 0 bridgehead atoms. The Kier molecular flexibility index (Phi) is 4.97. The van der Waals surface area contributed by atoms with Gasteiger partial charge in [0.15, 0.2) is 0 Å². The molecule has 3 aromatic rings. The fourth-order valence-electron chi connectivity index (χ4n) is 2.64. The Balaban J connectivity index is 1.90. The summed E-state index contributed by atoms with van der Waals surface area (Å²) in [5.41, 5.74) is 0.794. The molecule has 0 saturated carbocycles. The van der Waals surface area contributed by atoms with Crippen LogP contribution in [0, 0.1) is 10.1 Å². The van der Waals surface area contributed by atoms with Gasteiger partial charge in [-0.05, 0) is 24.8 Å². The van der Waals surface area contributed by atoms with E-state index in [1.807, 2.05) is 44.2 Å². The quantitative estimate of drug-likeness (QED) is 0.341. The summed E-state index contributed by atoms with van der Waals surface area (Å²) < 4.78 is 11.0. The molecule has 2 aromatic heterocycles. The molecule has 3 rings (SSSR count). The Labute approximate surface area is 145 Å². The molecule has 0 aliphatic rings. The summed E-state index contributed by atoms with van der Waals surface area (Å²) >= 11 is 0. The molecule has 1 unspecified atom stereocenters. The van der Waals surface area contributed by atoms with Crippen LogP contribution in [-0.4, -0.2) is 16.5 Å². The van der Waals surface area contributed by atoms with E-state index in [2.05, 4.69) is 4.98 Å². The van der Waals surface area contributed by atoms with E-state index in [-0.39, 0.29) is 17.6 Å². The average Bonchev–Trinajstić information content (AvgIpc) is 3.05. The van der Waals surface area contributed by atoms with Crippen LogP contribution in [0.1, 0.15) is 44.1 Å². The van der Waals surface area contributed by atoms with E-state index in [1.54, 1.807) is 12.3 Å². The third-order valence-electron chi connectivity index (χ3n) is 4.14. The van der Waals surface area contributed by atoms with Crippen LogP contribution in [0.3, 0.4) is 0 Å². The molecule has 6 nitrogen and oxygen atoms in total. The van der Waals surface area contributed by atoms with Crippen molar-refractivity contribution in [3.8, 4) is 5.75 Å². The number of nitrogens with zero attached hydrogens (tertiary/aromatic N) is 2. The summed E-state index contributed by atoms with van der Waals surface area (Å²) in [5, 5.41) is 13.3. The highest BCUT2D eigenvalue weighted by Crippen LogP contribution is 2.36. The molecule has 2 heterocycles. The summed E-state index contributed by atoms with van der Waals surface area (Å²) in [6, 6.07) is 11.5. The van der Waals surface area contributed by atoms with Crippen molar-refractivity contribution in [3.05, 3.63) is 64.2 Å². The van der Waals surface area contributed by atoms with Crippen molar-refractivity contribution in [3.63, 3.8) is 0 Å². The second-order valence-electron chi connectivity index (χ2n) is 5.96. The third-order valence-corrected chi connectivity index (χ3v) is 4.14. The molecule has 0 radical (unpaired) electrons. The molecule has 6 heteroatoms. The van der Waals surface area contributed by atoms with E-state index in [1.165, 1.54) is 0 Å². The minimum Gasteiger partial charge on any atom is -0.484 e. The van der Waals surface area contributed by atoms with E-state index < -0.39 is 4.92 Å². The largest absolute Gasteiger partial charge is 0.484 e. The zero-order chi connectivity index (χ0) is 17.8. The zero-order valence-corrected chi connectivity index (χ0v) is 14.3. The molecule has 130 valence electrons. The van der Waals surface area contributed by atoms with Crippen molar-refractivity contribution in [2.75, 3.05) is 6.61 Å². The zero-order valence-electron chi connectivity index (χ0n) is 14.3. The predicted molar refractivity (Wildman–Crippen MR) is 95.0 cm³/mol. The first-order valence-corrected chi connectivity index (χ1v) is 8.35. The predicted octanol–water partition coefficient (Wildman–Crippen LogP) is 5.07. The number of ether oxygens (including phenoxy) is 1. The fourth-order valence-corrected chi connectivity index (χ4v) is 2.64. The second-order valence-corrected chi connectivity index (χ2v) is 5.96. The van der Waals surface area contributed by atoms with Gasteiger partial charge < -0.3 is 9.15 Å².